The normalized spacial score (nSPS) is 21.9. The predicted octanol–water partition coefficient (Wildman–Crippen LogP) is 1.68. The van der Waals surface area contributed by atoms with Gasteiger partial charge < -0.3 is 5.32 Å². The van der Waals surface area contributed by atoms with Gasteiger partial charge in [-0.2, -0.15) is 0 Å². The molecule has 1 aliphatic heterocycles. The summed E-state index contributed by atoms with van der Waals surface area (Å²) >= 11 is 0. The fraction of sp³-hybridized carbons (Fsp3) is 0.500. The molecule has 1 saturated heterocycles. The van der Waals surface area contributed by atoms with Crippen LogP contribution in [0.5, 0.6) is 0 Å². The number of pyridine rings is 1. The lowest BCUT2D eigenvalue weighted by Gasteiger charge is -2.28. The summed E-state index contributed by atoms with van der Waals surface area (Å²) in [5.74, 6) is 0. The average molecular weight is 162 g/mol. The van der Waals surface area contributed by atoms with Crippen LogP contribution in [0.4, 0.5) is 0 Å². The second-order valence-electron chi connectivity index (χ2n) is 3.20. The summed E-state index contributed by atoms with van der Waals surface area (Å²) in [6.45, 7) is 3.32. The van der Waals surface area contributed by atoms with Gasteiger partial charge in [-0.25, -0.2) is 0 Å². The van der Waals surface area contributed by atoms with Gasteiger partial charge in [-0.1, -0.05) is 13.0 Å². The molecule has 1 unspecified atom stereocenters. The number of aromatic nitrogens is 1. The Morgan fingerprint density at radius 3 is 3.08 bits per heavy atom. The van der Waals surface area contributed by atoms with E-state index in [1.54, 1.807) is 0 Å². The molecule has 1 aliphatic rings. The van der Waals surface area contributed by atoms with Crippen LogP contribution in [0.1, 0.15) is 30.6 Å². The van der Waals surface area contributed by atoms with Crippen LogP contribution in [-0.2, 0) is 6.42 Å². The van der Waals surface area contributed by atoms with Crippen molar-refractivity contribution in [1.82, 2.24) is 10.3 Å². The van der Waals surface area contributed by atoms with E-state index in [-0.39, 0.29) is 0 Å². The standard InChI is InChI=1S/C10H14N2/c1-2-8-4-3-6-12-10(8)9-5-7-11-9/h3-4,6,9,11H,2,5,7H2,1H3. The quantitative estimate of drug-likeness (QED) is 0.715. The highest BCUT2D eigenvalue weighted by Crippen LogP contribution is 2.23. The van der Waals surface area contributed by atoms with Crippen LogP contribution in [-0.4, -0.2) is 11.5 Å². The second kappa shape index (κ2) is 3.23. The molecule has 0 aliphatic carbocycles. The van der Waals surface area contributed by atoms with Gasteiger partial charge in [-0.05, 0) is 31.0 Å². The van der Waals surface area contributed by atoms with Crippen molar-refractivity contribution in [2.45, 2.75) is 25.8 Å². The molecular weight excluding hydrogens is 148 g/mol. The van der Waals surface area contributed by atoms with Crippen LogP contribution in [0.15, 0.2) is 18.3 Å². The minimum atomic E-state index is 0.529. The molecule has 1 aromatic rings. The molecule has 1 N–H and O–H groups in total. The number of hydrogen-bond acceptors (Lipinski definition) is 2. The lowest BCUT2D eigenvalue weighted by molar-refractivity contribution is 0.373. The van der Waals surface area contributed by atoms with E-state index in [9.17, 15) is 0 Å². The number of rotatable bonds is 2. The van der Waals surface area contributed by atoms with Gasteiger partial charge in [0, 0.05) is 6.20 Å². The molecule has 1 fully saturated rings. The maximum Gasteiger partial charge on any atom is 0.0605 e. The minimum Gasteiger partial charge on any atom is -0.309 e. The Labute approximate surface area is 73.0 Å². The zero-order valence-corrected chi connectivity index (χ0v) is 7.38. The Bertz CT molecular complexity index is 266. The SMILES string of the molecule is CCc1cccnc1C1CCN1. The van der Waals surface area contributed by atoms with E-state index in [1.807, 2.05) is 12.3 Å². The fourth-order valence-corrected chi connectivity index (χ4v) is 1.59. The first-order valence-corrected chi connectivity index (χ1v) is 4.59. The lowest BCUT2D eigenvalue weighted by atomic mass is 9.98. The summed E-state index contributed by atoms with van der Waals surface area (Å²) in [7, 11) is 0. The van der Waals surface area contributed by atoms with Gasteiger partial charge in [0.1, 0.15) is 0 Å². The molecule has 2 heteroatoms. The fourth-order valence-electron chi connectivity index (χ4n) is 1.59. The molecular formula is C10H14N2. The molecule has 1 atom stereocenters. The van der Waals surface area contributed by atoms with E-state index in [0.29, 0.717) is 6.04 Å². The first-order valence-electron chi connectivity index (χ1n) is 4.59. The van der Waals surface area contributed by atoms with Gasteiger partial charge in [0.25, 0.3) is 0 Å². The molecule has 0 bridgehead atoms. The molecule has 0 aromatic carbocycles. The van der Waals surface area contributed by atoms with Crippen LogP contribution in [0.25, 0.3) is 0 Å². The molecule has 12 heavy (non-hydrogen) atoms. The molecule has 64 valence electrons. The summed E-state index contributed by atoms with van der Waals surface area (Å²) in [4.78, 5) is 4.41. The zero-order valence-electron chi connectivity index (χ0n) is 7.38. The monoisotopic (exact) mass is 162 g/mol. The van der Waals surface area contributed by atoms with Gasteiger partial charge in [0.2, 0.25) is 0 Å². The Morgan fingerprint density at radius 1 is 1.67 bits per heavy atom. The molecule has 2 heterocycles. The van der Waals surface area contributed by atoms with Crippen molar-refractivity contribution >= 4 is 0 Å². The minimum absolute atomic E-state index is 0.529. The van der Waals surface area contributed by atoms with Crippen molar-refractivity contribution in [2.75, 3.05) is 6.54 Å². The first kappa shape index (κ1) is 7.74. The van der Waals surface area contributed by atoms with Crippen molar-refractivity contribution in [3.63, 3.8) is 0 Å². The van der Waals surface area contributed by atoms with Crippen LogP contribution < -0.4 is 5.32 Å². The average Bonchev–Trinajstić information content (AvgIpc) is 2.02. The summed E-state index contributed by atoms with van der Waals surface area (Å²) in [5.41, 5.74) is 2.64. The lowest BCUT2D eigenvalue weighted by Crippen LogP contribution is -2.36. The van der Waals surface area contributed by atoms with Gasteiger partial charge in [0.15, 0.2) is 0 Å². The van der Waals surface area contributed by atoms with Crippen molar-refractivity contribution in [3.05, 3.63) is 29.6 Å². The number of hydrogen-bond donors (Lipinski definition) is 1. The molecule has 2 rings (SSSR count). The van der Waals surface area contributed by atoms with E-state index >= 15 is 0 Å². The smallest absolute Gasteiger partial charge is 0.0605 e. The third kappa shape index (κ3) is 1.23. The van der Waals surface area contributed by atoms with Gasteiger partial charge in [0.05, 0.1) is 11.7 Å². The highest BCUT2D eigenvalue weighted by Gasteiger charge is 2.21. The zero-order chi connectivity index (χ0) is 8.39. The van der Waals surface area contributed by atoms with Crippen molar-refractivity contribution < 1.29 is 0 Å². The molecule has 0 saturated carbocycles. The number of nitrogens with one attached hydrogen (secondary N) is 1. The maximum atomic E-state index is 4.41. The molecule has 0 radical (unpaired) electrons. The summed E-state index contributed by atoms with van der Waals surface area (Å²) in [5, 5.41) is 3.37. The van der Waals surface area contributed by atoms with Crippen LogP contribution >= 0.6 is 0 Å². The van der Waals surface area contributed by atoms with Crippen molar-refractivity contribution in [2.24, 2.45) is 0 Å². The number of aryl methyl sites for hydroxylation is 1. The van der Waals surface area contributed by atoms with Gasteiger partial charge in [-0.3, -0.25) is 4.98 Å². The number of nitrogens with zero attached hydrogens (tertiary/aromatic N) is 1. The third-order valence-corrected chi connectivity index (χ3v) is 2.46. The molecule has 1 aromatic heterocycles. The van der Waals surface area contributed by atoms with E-state index in [4.69, 9.17) is 0 Å². The predicted molar refractivity (Wildman–Crippen MR) is 49.0 cm³/mol. The molecule has 0 spiro atoms. The van der Waals surface area contributed by atoms with Crippen molar-refractivity contribution in [1.29, 1.82) is 0 Å². The summed E-state index contributed by atoms with van der Waals surface area (Å²) in [6.07, 6.45) is 4.21. The van der Waals surface area contributed by atoms with Crippen LogP contribution in [0, 0.1) is 0 Å². The largest absolute Gasteiger partial charge is 0.309 e. The first-order chi connectivity index (χ1) is 5.92. The van der Waals surface area contributed by atoms with Gasteiger partial charge in [-0.15, -0.1) is 0 Å². The Kier molecular flexibility index (Phi) is 2.09. The highest BCUT2D eigenvalue weighted by molar-refractivity contribution is 5.24. The maximum absolute atomic E-state index is 4.41. The highest BCUT2D eigenvalue weighted by atomic mass is 15.0. The third-order valence-electron chi connectivity index (χ3n) is 2.46. The summed E-state index contributed by atoms with van der Waals surface area (Å²) in [6, 6.07) is 4.71. The van der Waals surface area contributed by atoms with E-state index in [2.05, 4.69) is 23.3 Å². The molecule has 2 nitrogen and oxygen atoms in total. The Balaban J connectivity index is 2.27. The van der Waals surface area contributed by atoms with E-state index in [1.165, 1.54) is 17.7 Å². The van der Waals surface area contributed by atoms with E-state index in [0.717, 1.165) is 13.0 Å². The topological polar surface area (TPSA) is 24.9 Å². The Morgan fingerprint density at radius 2 is 2.50 bits per heavy atom. The van der Waals surface area contributed by atoms with Gasteiger partial charge >= 0.3 is 0 Å². The second-order valence-corrected chi connectivity index (χ2v) is 3.20. The Hall–Kier alpha value is -0.890. The van der Waals surface area contributed by atoms with Crippen LogP contribution in [0.3, 0.4) is 0 Å². The van der Waals surface area contributed by atoms with Crippen molar-refractivity contribution in [3.8, 4) is 0 Å². The van der Waals surface area contributed by atoms with Crippen LogP contribution in [0.2, 0.25) is 0 Å². The van der Waals surface area contributed by atoms with E-state index < -0.39 is 0 Å². The summed E-state index contributed by atoms with van der Waals surface area (Å²) < 4.78 is 0. The molecule has 0 amide bonds.